The lowest BCUT2D eigenvalue weighted by Gasteiger charge is -2.12. The van der Waals surface area contributed by atoms with Crippen molar-refractivity contribution in [2.75, 3.05) is 26.5 Å². The zero-order valence-electron chi connectivity index (χ0n) is 18.3. The molecule has 0 aliphatic carbocycles. The predicted octanol–water partition coefficient (Wildman–Crippen LogP) is 6.29. The minimum absolute atomic E-state index is 0.250. The van der Waals surface area contributed by atoms with Gasteiger partial charge in [0, 0.05) is 28.5 Å². The number of carbonyl (C=O) groups is 1. The van der Waals surface area contributed by atoms with E-state index in [4.69, 9.17) is 15.8 Å². The van der Waals surface area contributed by atoms with Gasteiger partial charge in [-0.15, -0.1) is 0 Å². The van der Waals surface area contributed by atoms with Gasteiger partial charge >= 0.3 is 0 Å². The number of nitrogens with zero attached hydrogens (tertiary/aromatic N) is 3. The van der Waals surface area contributed by atoms with Gasteiger partial charge in [0.05, 0.1) is 37.4 Å². The predicted molar refractivity (Wildman–Crippen MR) is 132 cm³/mol. The van der Waals surface area contributed by atoms with Gasteiger partial charge in [-0.25, -0.2) is 4.85 Å². The Morgan fingerprint density at radius 3 is 2.73 bits per heavy atom. The van der Waals surface area contributed by atoms with Crippen LogP contribution in [-0.4, -0.2) is 37.0 Å². The fraction of sp³-hybridized carbons (Fsp3) is 0.208. The lowest BCUT2D eigenvalue weighted by molar-refractivity contribution is 0.0941. The number of rotatable bonds is 7. The topological polar surface area (TPSA) is 85.7 Å². The second-order valence-corrected chi connectivity index (χ2v) is 10.8. The molecule has 0 N–H and O–H groups in total. The first-order valence-electron chi connectivity index (χ1n) is 9.95. The maximum absolute atomic E-state index is 13.0. The highest BCUT2D eigenvalue weighted by molar-refractivity contribution is 9.10. The number of fused-ring (bicyclic) bond motifs is 1. The maximum atomic E-state index is 13.0. The highest BCUT2D eigenvalue weighted by Gasteiger charge is 2.24. The summed E-state index contributed by atoms with van der Waals surface area (Å²) in [5, 5.41) is 9.93. The lowest BCUT2D eigenvalue weighted by Crippen LogP contribution is -2.15. The highest BCUT2D eigenvalue weighted by Crippen LogP contribution is 2.43. The van der Waals surface area contributed by atoms with Gasteiger partial charge in [0.25, 0.3) is 0 Å². The summed E-state index contributed by atoms with van der Waals surface area (Å²) in [4.78, 5) is 16.7. The molecular formula is C24H21BrN3O4P. The second-order valence-electron chi connectivity index (χ2n) is 7.27. The van der Waals surface area contributed by atoms with E-state index in [0.29, 0.717) is 33.3 Å². The van der Waals surface area contributed by atoms with Gasteiger partial charge in [0.1, 0.15) is 11.9 Å². The lowest BCUT2D eigenvalue weighted by atomic mass is 10.1. The highest BCUT2D eigenvalue weighted by atomic mass is 79.9. The smallest absolute Gasteiger partial charge is 0.240 e. The molecule has 0 saturated heterocycles. The van der Waals surface area contributed by atoms with E-state index in [9.17, 15) is 14.6 Å². The summed E-state index contributed by atoms with van der Waals surface area (Å²) in [5.74, 6) is 0.126. The first-order chi connectivity index (χ1) is 15.7. The number of nitriles is 1. The van der Waals surface area contributed by atoms with Crippen molar-refractivity contribution in [3.63, 3.8) is 0 Å². The van der Waals surface area contributed by atoms with Crippen LogP contribution in [0.3, 0.4) is 0 Å². The fourth-order valence-corrected chi connectivity index (χ4v) is 5.13. The van der Waals surface area contributed by atoms with Gasteiger partial charge in [-0.3, -0.25) is 13.9 Å². The van der Waals surface area contributed by atoms with Gasteiger partial charge in [-0.2, -0.15) is 5.26 Å². The first kappa shape index (κ1) is 24.5. The van der Waals surface area contributed by atoms with Gasteiger partial charge < -0.3 is 9.26 Å². The van der Waals surface area contributed by atoms with E-state index < -0.39 is 7.37 Å². The Hall–Kier alpha value is -3.16. The SMILES string of the molecule is [C-]#[N+]/C(=C\c1cc(C#N)ccc1OC)c1cn(C(=O)CP(C)(=O)OCC)c2ccc(Br)cc12. The molecule has 7 nitrogen and oxygen atoms in total. The summed E-state index contributed by atoms with van der Waals surface area (Å²) >= 11 is 3.45. The van der Waals surface area contributed by atoms with Crippen molar-refractivity contribution in [3.05, 3.63) is 75.2 Å². The number of ether oxygens (including phenoxy) is 1. The van der Waals surface area contributed by atoms with Crippen molar-refractivity contribution < 1.29 is 18.6 Å². The number of benzene rings is 2. The third-order valence-electron chi connectivity index (χ3n) is 4.91. The minimum Gasteiger partial charge on any atom is -0.496 e. The quantitative estimate of drug-likeness (QED) is 0.267. The zero-order valence-corrected chi connectivity index (χ0v) is 20.8. The molecule has 0 fully saturated rings. The van der Waals surface area contributed by atoms with Crippen molar-refractivity contribution in [3.8, 4) is 11.8 Å². The van der Waals surface area contributed by atoms with Gasteiger partial charge in [-0.1, -0.05) is 15.9 Å². The average molecular weight is 526 g/mol. The monoisotopic (exact) mass is 525 g/mol. The van der Waals surface area contributed by atoms with Crippen molar-refractivity contribution >= 4 is 51.9 Å². The van der Waals surface area contributed by atoms with Crippen LogP contribution in [0, 0.1) is 17.9 Å². The van der Waals surface area contributed by atoms with E-state index in [2.05, 4.69) is 26.8 Å². The second kappa shape index (κ2) is 10.2. The summed E-state index contributed by atoms with van der Waals surface area (Å²) in [5.41, 5.74) is 2.38. The van der Waals surface area contributed by atoms with E-state index in [-0.39, 0.29) is 24.4 Å². The Labute approximate surface area is 200 Å². The molecule has 0 spiro atoms. The fourth-order valence-electron chi connectivity index (χ4n) is 3.49. The Kier molecular flexibility index (Phi) is 7.56. The molecule has 3 aromatic rings. The van der Waals surface area contributed by atoms with Crippen LogP contribution in [0.2, 0.25) is 0 Å². The van der Waals surface area contributed by atoms with E-state index in [1.807, 2.05) is 6.07 Å². The van der Waals surface area contributed by atoms with Crippen molar-refractivity contribution in [1.29, 1.82) is 5.26 Å². The number of carbonyl (C=O) groups excluding carboxylic acids is 1. The van der Waals surface area contributed by atoms with Crippen molar-refractivity contribution in [1.82, 2.24) is 4.57 Å². The van der Waals surface area contributed by atoms with Crippen LogP contribution in [0.25, 0.3) is 27.5 Å². The number of methoxy groups -OCH3 is 1. The van der Waals surface area contributed by atoms with E-state index in [0.717, 1.165) is 4.47 Å². The molecular weight excluding hydrogens is 505 g/mol. The third-order valence-corrected chi connectivity index (χ3v) is 7.05. The number of hydrogen-bond acceptors (Lipinski definition) is 5. The van der Waals surface area contributed by atoms with Crippen LogP contribution in [0.1, 0.15) is 28.4 Å². The maximum Gasteiger partial charge on any atom is 0.240 e. The summed E-state index contributed by atoms with van der Waals surface area (Å²) in [6.07, 6.45) is 2.95. The Bertz CT molecular complexity index is 1400. The normalized spacial score (nSPS) is 13.2. The van der Waals surface area contributed by atoms with E-state index in [1.54, 1.807) is 49.5 Å². The van der Waals surface area contributed by atoms with Crippen LogP contribution < -0.4 is 4.74 Å². The van der Waals surface area contributed by atoms with Gasteiger partial charge in [0.2, 0.25) is 13.3 Å². The number of halogens is 1. The van der Waals surface area contributed by atoms with Crippen molar-refractivity contribution in [2.45, 2.75) is 6.92 Å². The Morgan fingerprint density at radius 2 is 2.09 bits per heavy atom. The van der Waals surface area contributed by atoms with E-state index >= 15 is 0 Å². The molecule has 1 unspecified atom stereocenters. The summed E-state index contributed by atoms with van der Waals surface area (Å²) in [6.45, 7) is 11.2. The average Bonchev–Trinajstić information content (AvgIpc) is 3.15. The number of aromatic nitrogens is 1. The molecule has 1 heterocycles. The standard InChI is InChI=1S/C24H21BrN3O4P/c1-5-32-33(4,30)15-24(29)28-14-20(19-12-18(25)7-8-22(19)28)21(27-2)11-17-10-16(13-26)6-9-23(17)31-3/h6-12,14H,5,15H2,1,3-4H3/b21-11-. The molecule has 0 bridgehead atoms. The first-order valence-corrected chi connectivity index (χ1v) is 13.0. The molecule has 3 rings (SSSR count). The summed E-state index contributed by atoms with van der Waals surface area (Å²) < 4.78 is 25.4. The number of hydrogen-bond donors (Lipinski definition) is 0. The minimum atomic E-state index is -3.10. The Balaban J connectivity index is 2.19. The third kappa shape index (κ3) is 5.43. The van der Waals surface area contributed by atoms with Crippen LogP contribution in [-0.2, 0) is 9.09 Å². The zero-order chi connectivity index (χ0) is 24.2. The molecule has 0 aliphatic heterocycles. The molecule has 0 radical (unpaired) electrons. The molecule has 33 heavy (non-hydrogen) atoms. The largest absolute Gasteiger partial charge is 0.496 e. The molecule has 0 amide bonds. The molecule has 0 aliphatic rings. The van der Waals surface area contributed by atoms with E-state index in [1.165, 1.54) is 18.3 Å². The summed E-state index contributed by atoms with van der Waals surface area (Å²) in [7, 11) is -1.59. The molecule has 9 heteroatoms. The van der Waals surface area contributed by atoms with Crippen molar-refractivity contribution in [2.24, 2.45) is 0 Å². The van der Waals surface area contributed by atoms with Gasteiger partial charge in [0.15, 0.2) is 5.70 Å². The molecule has 1 atom stereocenters. The van der Waals surface area contributed by atoms with Crippen LogP contribution in [0.4, 0.5) is 0 Å². The molecule has 0 saturated carbocycles. The molecule has 2 aromatic carbocycles. The molecule has 168 valence electrons. The Morgan fingerprint density at radius 1 is 1.33 bits per heavy atom. The van der Waals surface area contributed by atoms with Crippen LogP contribution >= 0.6 is 23.3 Å². The van der Waals surface area contributed by atoms with Gasteiger partial charge in [-0.05, 0) is 54.8 Å². The van der Waals surface area contributed by atoms with Crippen LogP contribution in [0.15, 0.2) is 47.1 Å². The molecule has 1 aromatic heterocycles. The van der Waals surface area contributed by atoms with Crippen LogP contribution in [0.5, 0.6) is 5.75 Å². The summed E-state index contributed by atoms with van der Waals surface area (Å²) in [6, 6.07) is 12.4.